The normalized spacial score (nSPS) is 36.7. The lowest BCUT2D eigenvalue weighted by atomic mass is 9.98. The van der Waals surface area contributed by atoms with Crippen LogP contribution in [0.15, 0.2) is 0 Å². The van der Waals surface area contributed by atoms with Crippen LogP contribution in [0.25, 0.3) is 0 Å². The first-order valence-electron chi connectivity index (χ1n) is 3.50. The summed E-state index contributed by atoms with van der Waals surface area (Å²) in [7, 11) is 1.80. The smallest absolute Gasteiger partial charge is 0.0582 e. The van der Waals surface area contributed by atoms with Crippen LogP contribution >= 0.6 is 15.9 Å². The van der Waals surface area contributed by atoms with Crippen molar-refractivity contribution in [2.24, 2.45) is 0 Å². The molecule has 1 aliphatic carbocycles. The van der Waals surface area contributed by atoms with Crippen molar-refractivity contribution in [3.63, 3.8) is 0 Å². The Kier molecular flexibility index (Phi) is 2.99. The van der Waals surface area contributed by atoms with Gasteiger partial charge in [-0.15, -0.1) is 0 Å². The van der Waals surface area contributed by atoms with Gasteiger partial charge in [-0.1, -0.05) is 15.9 Å². The second-order valence-electron chi connectivity index (χ2n) is 2.62. The van der Waals surface area contributed by atoms with Gasteiger partial charge in [0, 0.05) is 11.9 Å². The minimum Gasteiger partial charge on any atom is -0.381 e. The van der Waals surface area contributed by atoms with Crippen molar-refractivity contribution in [2.75, 3.05) is 7.11 Å². The second kappa shape index (κ2) is 3.57. The monoisotopic (exact) mass is 192 g/mol. The third kappa shape index (κ3) is 2.26. The van der Waals surface area contributed by atoms with Gasteiger partial charge in [-0.2, -0.15) is 0 Å². The van der Waals surface area contributed by atoms with Crippen LogP contribution in [-0.2, 0) is 4.74 Å². The fourth-order valence-electron chi connectivity index (χ4n) is 1.30. The van der Waals surface area contributed by atoms with E-state index in [1.165, 1.54) is 25.7 Å². The fraction of sp³-hybridized carbons (Fsp3) is 1.00. The first-order chi connectivity index (χ1) is 4.33. The summed E-state index contributed by atoms with van der Waals surface area (Å²) >= 11 is 3.59. The molecule has 2 heteroatoms. The first-order valence-corrected chi connectivity index (χ1v) is 4.41. The molecule has 0 aromatic heterocycles. The lowest BCUT2D eigenvalue weighted by Crippen LogP contribution is -2.21. The molecule has 2 atom stereocenters. The zero-order valence-corrected chi connectivity index (χ0v) is 7.36. The number of methoxy groups -OCH3 is 1. The second-order valence-corrected chi connectivity index (χ2v) is 3.92. The van der Waals surface area contributed by atoms with Crippen LogP contribution in [-0.4, -0.2) is 18.0 Å². The summed E-state index contributed by atoms with van der Waals surface area (Å²) in [6.07, 6.45) is 5.59. The summed E-state index contributed by atoms with van der Waals surface area (Å²) < 4.78 is 5.23. The highest BCUT2D eigenvalue weighted by Crippen LogP contribution is 2.25. The summed E-state index contributed by atoms with van der Waals surface area (Å²) in [5.41, 5.74) is 0. The molecule has 1 nitrogen and oxygen atoms in total. The Morgan fingerprint density at radius 2 is 2.22 bits per heavy atom. The summed E-state index contributed by atoms with van der Waals surface area (Å²) in [4.78, 5) is 0.705. The first kappa shape index (κ1) is 7.55. The van der Waals surface area contributed by atoms with E-state index in [0.717, 1.165) is 0 Å². The molecule has 0 heterocycles. The minimum absolute atomic E-state index is 0.517. The van der Waals surface area contributed by atoms with Crippen molar-refractivity contribution in [2.45, 2.75) is 36.6 Å². The molecule has 0 bridgehead atoms. The number of ether oxygens (including phenoxy) is 1. The van der Waals surface area contributed by atoms with Crippen molar-refractivity contribution in [1.82, 2.24) is 0 Å². The van der Waals surface area contributed by atoms with E-state index >= 15 is 0 Å². The molecular formula is C7H13BrO. The molecule has 1 aliphatic rings. The molecule has 0 unspecified atom stereocenters. The third-order valence-electron chi connectivity index (χ3n) is 1.90. The van der Waals surface area contributed by atoms with E-state index in [1.807, 2.05) is 0 Å². The highest BCUT2D eigenvalue weighted by molar-refractivity contribution is 9.09. The topological polar surface area (TPSA) is 9.23 Å². The Hall–Kier alpha value is 0.440. The van der Waals surface area contributed by atoms with Gasteiger partial charge in [0.15, 0.2) is 0 Å². The number of hydrogen-bond donors (Lipinski definition) is 0. The van der Waals surface area contributed by atoms with Gasteiger partial charge < -0.3 is 4.74 Å². The Bertz CT molecular complexity index is 85.0. The molecule has 0 saturated heterocycles. The van der Waals surface area contributed by atoms with Gasteiger partial charge in [0.2, 0.25) is 0 Å². The molecule has 0 spiro atoms. The zero-order chi connectivity index (χ0) is 6.69. The van der Waals surface area contributed by atoms with E-state index in [9.17, 15) is 0 Å². The molecule has 0 N–H and O–H groups in total. The Morgan fingerprint density at radius 3 is 2.67 bits per heavy atom. The maximum atomic E-state index is 5.23. The van der Waals surface area contributed by atoms with Gasteiger partial charge in [0.25, 0.3) is 0 Å². The fourth-order valence-corrected chi connectivity index (χ4v) is 2.04. The maximum Gasteiger partial charge on any atom is 0.0582 e. The molecule has 1 saturated carbocycles. The van der Waals surface area contributed by atoms with Gasteiger partial charge in [-0.05, 0) is 25.7 Å². The standard InChI is InChI=1S/C7H13BrO/c1-9-7-4-2-3-6(8)5-7/h6-7H,2-5H2,1H3/t6-,7+/m1/s1. The number of alkyl halides is 1. The van der Waals surface area contributed by atoms with E-state index in [0.29, 0.717) is 10.9 Å². The van der Waals surface area contributed by atoms with Crippen LogP contribution in [0.3, 0.4) is 0 Å². The van der Waals surface area contributed by atoms with Crippen LogP contribution in [0.5, 0.6) is 0 Å². The average Bonchev–Trinajstić information content (AvgIpc) is 1.88. The van der Waals surface area contributed by atoms with Gasteiger partial charge in [-0.3, -0.25) is 0 Å². The molecule has 1 fully saturated rings. The highest BCUT2D eigenvalue weighted by atomic mass is 79.9. The highest BCUT2D eigenvalue weighted by Gasteiger charge is 2.18. The molecule has 9 heavy (non-hydrogen) atoms. The summed E-state index contributed by atoms with van der Waals surface area (Å²) in [6, 6.07) is 0. The molecule has 0 amide bonds. The lowest BCUT2D eigenvalue weighted by Gasteiger charge is -2.23. The van der Waals surface area contributed by atoms with Crippen molar-refractivity contribution < 1.29 is 4.74 Å². The van der Waals surface area contributed by atoms with Crippen molar-refractivity contribution >= 4 is 15.9 Å². The summed E-state index contributed by atoms with van der Waals surface area (Å²) in [5, 5.41) is 0. The van der Waals surface area contributed by atoms with Crippen LogP contribution in [0.1, 0.15) is 25.7 Å². The Morgan fingerprint density at radius 1 is 1.44 bits per heavy atom. The molecule has 0 aromatic rings. The van der Waals surface area contributed by atoms with Gasteiger partial charge in [-0.25, -0.2) is 0 Å². The van der Waals surface area contributed by atoms with E-state index in [2.05, 4.69) is 15.9 Å². The van der Waals surface area contributed by atoms with E-state index in [4.69, 9.17) is 4.74 Å². The van der Waals surface area contributed by atoms with Crippen LogP contribution in [0.4, 0.5) is 0 Å². The summed E-state index contributed by atoms with van der Waals surface area (Å²) in [6.45, 7) is 0. The number of hydrogen-bond acceptors (Lipinski definition) is 1. The number of halogens is 1. The largest absolute Gasteiger partial charge is 0.381 e. The predicted molar refractivity (Wildman–Crippen MR) is 42.0 cm³/mol. The van der Waals surface area contributed by atoms with E-state index in [-0.39, 0.29) is 0 Å². The van der Waals surface area contributed by atoms with E-state index < -0.39 is 0 Å². The van der Waals surface area contributed by atoms with E-state index in [1.54, 1.807) is 7.11 Å². The molecule has 0 aliphatic heterocycles. The van der Waals surface area contributed by atoms with Gasteiger partial charge >= 0.3 is 0 Å². The zero-order valence-electron chi connectivity index (χ0n) is 5.77. The van der Waals surface area contributed by atoms with Gasteiger partial charge in [0.1, 0.15) is 0 Å². The molecule has 1 rings (SSSR count). The molecule has 54 valence electrons. The SMILES string of the molecule is CO[C@H]1CCC[C@@H](Br)C1. The Balaban J connectivity index is 2.23. The van der Waals surface area contributed by atoms with Crippen molar-refractivity contribution in [3.8, 4) is 0 Å². The summed E-state index contributed by atoms with van der Waals surface area (Å²) in [5.74, 6) is 0. The van der Waals surface area contributed by atoms with Crippen LogP contribution in [0, 0.1) is 0 Å². The third-order valence-corrected chi connectivity index (χ3v) is 2.73. The molecule has 0 radical (unpaired) electrons. The molecular weight excluding hydrogens is 180 g/mol. The predicted octanol–water partition coefficient (Wildman–Crippen LogP) is 2.34. The average molecular weight is 193 g/mol. The van der Waals surface area contributed by atoms with Crippen molar-refractivity contribution in [1.29, 1.82) is 0 Å². The lowest BCUT2D eigenvalue weighted by molar-refractivity contribution is 0.0737. The maximum absolute atomic E-state index is 5.23. The van der Waals surface area contributed by atoms with Crippen molar-refractivity contribution in [3.05, 3.63) is 0 Å². The number of rotatable bonds is 1. The quantitative estimate of drug-likeness (QED) is 0.580. The van der Waals surface area contributed by atoms with Gasteiger partial charge in [0.05, 0.1) is 6.10 Å². The minimum atomic E-state index is 0.517. The Labute approximate surface area is 64.9 Å². The van der Waals surface area contributed by atoms with Crippen LogP contribution < -0.4 is 0 Å². The molecule has 0 aromatic carbocycles. The van der Waals surface area contributed by atoms with Crippen LogP contribution in [0.2, 0.25) is 0 Å².